The van der Waals surface area contributed by atoms with Gasteiger partial charge in [0.2, 0.25) is 0 Å². The molecule has 3 heteroatoms. The molecule has 15 rings (SSSR count). The van der Waals surface area contributed by atoms with E-state index in [9.17, 15) is 0 Å². The zero-order valence-corrected chi connectivity index (χ0v) is 42.2. The van der Waals surface area contributed by atoms with Crippen molar-refractivity contribution in [1.29, 1.82) is 0 Å². The van der Waals surface area contributed by atoms with Crippen molar-refractivity contribution in [3.05, 3.63) is 207 Å². The Labute approximate surface area is 415 Å². The topological polar surface area (TPSA) is 29.5 Å². The summed E-state index contributed by atoms with van der Waals surface area (Å²) in [5.41, 5.74) is 30.3. The molecular formula is C68H55NO2. The summed E-state index contributed by atoms with van der Waals surface area (Å²) >= 11 is 0. The Bertz CT molecular complexity index is 4240. The van der Waals surface area contributed by atoms with Gasteiger partial charge in [0.1, 0.15) is 22.3 Å². The van der Waals surface area contributed by atoms with Gasteiger partial charge < -0.3 is 13.7 Å². The van der Waals surface area contributed by atoms with Gasteiger partial charge in [0.05, 0.1) is 0 Å². The van der Waals surface area contributed by atoms with Crippen LogP contribution in [0.2, 0.25) is 0 Å². The maximum Gasteiger partial charge on any atom is 0.144 e. The summed E-state index contributed by atoms with van der Waals surface area (Å²) in [4.78, 5) is 2.51. The lowest BCUT2D eigenvalue weighted by Crippen LogP contribution is -2.24. The normalized spacial score (nSPS) is 16.5. The number of para-hydroxylation sites is 2. The lowest BCUT2D eigenvalue weighted by molar-refractivity contribution is 0.600. The smallest absolute Gasteiger partial charge is 0.144 e. The van der Waals surface area contributed by atoms with Gasteiger partial charge in [-0.3, -0.25) is 0 Å². The van der Waals surface area contributed by atoms with Crippen molar-refractivity contribution >= 4 is 60.9 Å². The minimum Gasteiger partial charge on any atom is -0.456 e. The second-order valence-corrected chi connectivity index (χ2v) is 23.4. The summed E-state index contributed by atoms with van der Waals surface area (Å²) in [5, 5.41) is 4.83. The van der Waals surface area contributed by atoms with Gasteiger partial charge in [-0.2, -0.15) is 0 Å². The zero-order valence-electron chi connectivity index (χ0n) is 42.2. The Hall–Kier alpha value is -7.62. The van der Waals surface area contributed by atoms with E-state index in [-0.39, 0.29) is 21.7 Å². The fourth-order valence-electron chi connectivity index (χ4n) is 14.6. The molecule has 0 spiro atoms. The van der Waals surface area contributed by atoms with Crippen LogP contribution in [-0.4, -0.2) is 0 Å². The number of rotatable bonds is 3. The van der Waals surface area contributed by atoms with Gasteiger partial charge in [0.15, 0.2) is 0 Å². The van der Waals surface area contributed by atoms with Crippen LogP contribution in [0.5, 0.6) is 0 Å². The van der Waals surface area contributed by atoms with Gasteiger partial charge in [-0.25, -0.2) is 0 Å². The minimum atomic E-state index is -0.325. The molecule has 0 fully saturated rings. The van der Waals surface area contributed by atoms with E-state index >= 15 is 0 Å². The van der Waals surface area contributed by atoms with Gasteiger partial charge in [0.25, 0.3) is 0 Å². The molecule has 4 aliphatic rings. The molecule has 0 aliphatic heterocycles. The van der Waals surface area contributed by atoms with E-state index in [1.165, 1.54) is 122 Å². The van der Waals surface area contributed by atoms with Crippen molar-refractivity contribution in [2.45, 2.75) is 90.9 Å². The second kappa shape index (κ2) is 13.2. The maximum absolute atomic E-state index is 7.06. The molecule has 0 saturated heterocycles. The van der Waals surface area contributed by atoms with Crippen LogP contribution in [0.25, 0.3) is 88.4 Å². The van der Waals surface area contributed by atoms with Crippen LogP contribution in [0, 0.1) is 13.8 Å². The number of benzene rings is 9. The van der Waals surface area contributed by atoms with Crippen molar-refractivity contribution < 1.29 is 8.83 Å². The Morgan fingerprint density at radius 3 is 1.61 bits per heavy atom. The molecular weight excluding hydrogens is 863 g/mol. The third kappa shape index (κ3) is 5.04. The average molecular weight is 918 g/mol. The van der Waals surface area contributed by atoms with Crippen LogP contribution in [0.4, 0.5) is 17.1 Å². The molecule has 0 bridgehead atoms. The minimum absolute atomic E-state index is 0.171. The molecule has 2 heterocycles. The number of hydrogen-bond donors (Lipinski definition) is 0. The van der Waals surface area contributed by atoms with E-state index in [1.54, 1.807) is 0 Å². The summed E-state index contributed by atoms with van der Waals surface area (Å²) in [5.74, 6) is 0. The van der Waals surface area contributed by atoms with Crippen LogP contribution >= 0.6 is 0 Å². The fraction of sp³-hybridized carbons (Fsp3) is 0.206. The van der Waals surface area contributed by atoms with Crippen molar-refractivity contribution in [2.24, 2.45) is 0 Å². The van der Waals surface area contributed by atoms with E-state index in [4.69, 9.17) is 8.83 Å². The van der Waals surface area contributed by atoms with E-state index in [2.05, 4.69) is 226 Å². The molecule has 0 atom stereocenters. The van der Waals surface area contributed by atoms with Gasteiger partial charge >= 0.3 is 0 Å². The molecule has 0 saturated carbocycles. The SMILES string of the molecule is Cc1cc(C)cc(N(c2ccc3c(c2)C(C)(C)c2cc4c(cc2-3)C(C)(C)c2ccc3oc5ccccc5c3c2-4)c2ccc3c(c2)C(C)(C)c2c4c(c5c(oc6ccccc65)c2-3)-c2ccccc2C4(C)C)c1. The lowest BCUT2D eigenvalue weighted by atomic mass is 9.72. The zero-order chi connectivity index (χ0) is 48.4. The Kier molecular flexibility index (Phi) is 7.66. The number of furan rings is 2. The van der Waals surface area contributed by atoms with E-state index in [0.29, 0.717) is 0 Å². The van der Waals surface area contributed by atoms with E-state index in [0.717, 1.165) is 39.4 Å². The predicted octanol–water partition coefficient (Wildman–Crippen LogP) is 18.8. The fourth-order valence-corrected chi connectivity index (χ4v) is 14.6. The molecule has 344 valence electrons. The average Bonchev–Trinajstić information content (AvgIpc) is 4.13. The summed E-state index contributed by atoms with van der Waals surface area (Å²) < 4.78 is 13.5. The molecule has 3 nitrogen and oxygen atoms in total. The molecule has 9 aromatic carbocycles. The molecule has 0 unspecified atom stereocenters. The van der Waals surface area contributed by atoms with E-state index in [1.807, 2.05) is 0 Å². The van der Waals surface area contributed by atoms with Crippen LogP contribution in [0.3, 0.4) is 0 Å². The first kappa shape index (κ1) is 41.2. The van der Waals surface area contributed by atoms with Gasteiger partial charge in [-0.15, -0.1) is 0 Å². The summed E-state index contributed by atoms with van der Waals surface area (Å²) in [7, 11) is 0. The van der Waals surface area contributed by atoms with Gasteiger partial charge in [-0.1, -0.05) is 140 Å². The molecule has 2 aromatic heterocycles. The number of anilines is 3. The standard InChI is InChI=1S/C68H55NO2/c1-36-29-37(2)31-40(30-36)69(38-23-25-41-46-34-53-47(35-52(46)66(5,6)50(41)32-38)57-49(65(53,3)4)27-28-56-58(57)44-18-12-15-21-54(44)70-56)39-24-26-43-51(33-39)68(9,10)63-61(43)64-60(45-19-13-16-22-55(45)71-64)59-42-17-11-14-20-48(42)67(7,8)62(59)63/h11-35H,1-10H3. The quantitative estimate of drug-likeness (QED) is 0.177. The molecule has 71 heavy (non-hydrogen) atoms. The van der Waals surface area contributed by atoms with Crippen LogP contribution in [-0.2, 0) is 21.7 Å². The lowest BCUT2D eigenvalue weighted by Gasteiger charge is -2.32. The Morgan fingerprint density at radius 1 is 0.338 bits per heavy atom. The molecule has 11 aromatic rings. The van der Waals surface area contributed by atoms with Gasteiger partial charge in [0, 0.05) is 65.8 Å². The molecule has 4 aliphatic carbocycles. The van der Waals surface area contributed by atoms with Crippen molar-refractivity contribution in [2.75, 3.05) is 4.90 Å². The van der Waals surface area contributed by atoms with Crippen LogP contribution in [0.1, 0.15) is 111 Å². The monoisotopic (exact) mass is 917 g/mol. The highest BCUT2D eigenvalue weighted by molar-refractivity contribution is 6.21. The van der Waals surface area contributed by atoms with Crippen LogP contribution < -0.4 is 4.90 Å². The third-order valence-corrected chi connectivity index (χ3v) is 17.8. The highest BCUT2D eigenvalue weighted by atomic mass is 16.3. The number of nitrogens with zero attached hydrogens (tertiary/aromatic N) is 1. The van der Waals surface area contributed by atoms with Crippen molar-refractivity contribution in [1.82, 2.24) is 0 Å². The number of fused-ring (bicyclic) bond motifs is 22. The third-order valence-electron chi connectivity index (χ3n) is 17.8. The summed E-state index contributed by atoms with van der Waals surface area (Å²) in [6.07, 6.45) is 0. The summed E-state index contributed by atoms with van der Waals surface area (Å²) in [6, 6.07) is 57.3. The first-order valence-corrected chi connectivity index (χ1v) is 25.5. The number of hydrogen-bond acceptors (Lipinski definition) is 3. The van der Waals surface area contributed by atoms with Crippen molar-refractivity contribution in [3.8, 4) is 44.5 Å². The van der Waals surface area contributed by atoms with E-state index < -0.39 is 0 Å². The number of aryl methyl sites for hydroxylation is 2. The van der Waals surface area contributed by atoms with Crippen LogP contribution in [0.15, 0.2) is 160 Å². The highest BCUT2D eigenvalue weighted by Gasteiger charge is 2.49. The Balaban J connectivity index is 0.917. The first-order valence-electron chi connectivity index (χ1n) is 25.5. The molecule has 0 N–H and O–H groups in total. The predicted molar refractivity (Wildman–Crippen MR) is 295 cm³/mol. The van der Waals surface area contributed by atoms with Crippen molar-refractivity contribution in [3.63, 3.8) is 0 Å². The molecule has 0 radical (unpaired) electrons. The first-order chi connectivity index (χ1) is 34.0. The molecule has 0 amide bonds. The Morgan fingerprint density at radius 2 is 0.873 bits per heavy atom. The second-order valence-electron chi connectivity index (χ2n) is 23.4. The largest absolute Gasteiger partial charge is 0.456 e. The summed E-state index contributed by atoms with van der Waals surface area (Å²) in [6.45, 7) is 23.8. The highest BCUT2D eigenvalue weighted by Crippen LogP contribution is 2.64. The van der Waals surface area contributed by atoms with Gasteiger partial charge in [-0.05, 0) is 175 Å². The maximum atomic E-state index is 7.06.